The van der Waals surface area contributed by atoms with Gasteiger partial charge in [-0.1, -0.05) is 13.8 Å². The molecule has 0 radical (unpaired) electrons. The smallest absolute Gasteiger partial charge is 0.247 e. The Balaban J connectivity index is 2.15. The SMILES string of the molecule is CC(C)CN(C(=O)/C=C/c1ccnn1C)[C@@H]1COC[C@@H](O)[C@H]1O. The molecule has 1 aromatic rings. The van der Waals surface area contributed by atoms with Gasteiger partial charge in [0.05, 0.1) is 24.9 Å². The van der Waals surface area contributed by atoms with Gasteiger partial charge < -0.3 is 19.8 Å². The van der Waals surface area contributed by atoms with Crippen molar-refractivity contribution in [3.8, 4) is 0 Å². The number of aliphatic hydroxyl groups excluding tert-OH is 2. The lowest BCUT2D eigenvalue weighted by atomic mass is 10.0. The van der Waals surface area contributed by atoms with Gasteiger partial charge in [-0.2, -0.15) is 5.10 Å². The van der Waals surface area contributed by atoms with Crippen LogP contribution in [0.5, 0.6) is 0 Å². The fourth-order valence-electron chi connectivity index (χ4n) is 2.62. The zero-order chi connectivity index (χ0) is 17.0. The summed E-state index contributed by atoms with van der Waals surface area (Å²) in [7, 11) is 1.80. The maximum Gasteiger partial charge on any atom is 0.247 e. The molecule has 0 aromatic carbocycles. The molecule has 0 spiro atoms. The summed E-state index contributed by atoms with van der Waals surface area (Å²) in [5, 5.41) is 24.0. The summed E-state index contributed by atoms with van der Waals surface area (Å²) >= 11 is 0. The molecule has 7 nitrogen and oxygen atoms in total. The molecule has 2 heterocycles. The molecule has 1 aliphatic heterocycles. The monoisotopic (exact) mass is 323 g/mol. The van der Waals surface area contributed by atoms with Crippen molar-refractivity contribution in [2.24, 2.45) is 13.0 Å². The van der Waals surface area contributed by atoms with Gasteiger partial charge >= 0.3 is 0 Å². The molecule has 0 aliphatic carbocycles. The first-order valence-electron chi connectivity index (χ1n) is 7.80. The molecule has 1 saturated heterocycles. The maximum absolute atomic E-state index is 12.6. The van der Waals surface area contributed by atoms with Crippen LogP contribution in [0.4, 0.5) is 0 Å². The minimum absolute atomic E-state index is 0.0895. The van der Waals surface area contributed by atoms with E-state index in [1.165, 1.54) is 6.08 Å². The van der Waals surface area contributed by atoms with Crippen molar-refractivity contribution in [3.05, 3.63) is 24.0 Å². The van der Waals surface area contributed by atoms with E-state index in [9.17, 15) is 15.0 Å². The number of nitrogens with zero attached hydrogens (tertiary/aromatic N) is 3. The van der Waals surface area contributed by atoms with Crippen LogP contribution in [-0.4, -0.2) is 68.8 Å². The van der Waals surface area contributed by atoms with Crippen LogP contribution in [0.15, 0.2) is 18.3 Å². The van der Waals surface area contributed by atoms with E-state index in [1.807, 2.05) is 13.8 Å². The molecule has 0 unspecified atom stereocenters. The number of aromatic nitrogens is 2. The van der Waals surface area contributed by atoms with Gasteiger partial charge in [0.2, 0.25) is 5.91 Å². The maximum atomic E-state index is 12.6. The largest absolute Gasteiger partial charge is 0.388 e. The van der Waals surface area contributed by atoms with Gasteiger partial charge in [-0.05, 0) is 18.1 Å². The zero-order valence-corrected chi connectivity index (χ0v) is 13.8. The number of amides is 1. The third-order valence-corrected chi connectivity index (χ3v) is 3.87. The highest BCUT2D eigenvalue weighted by Gasteiger charge is 2.37. The lowest BCUT2D eigenvalue weighted by Gasteiger charge is -2.39. The van der Waals surface area contributed by atoms with Gasteiger partial charge in [0.15, 0.2) is 0 Å². The molecule has 1 amide bonds. The predicted molar refractivity (Wildman–Crippen MR) is 85.4 cm³/mol. The van der Waals surface area contributed by atoms with Gasteiger partial charge in [-0.15, -0.1) is 0 Å². The summed E-state index contributed by atoms with van der Waals surface area (Å²) in [4.78, 5) is 14.2. The lowest BCUT2D eigenvalue weighted by Crippen LogP contribution is -2.58. The van der Waals surface area contributed by atoms with E-state index in [0.717, 1.165) is 5.69 Å². The first-order valence-corrected chi connectivity index (χ1v) is 7.80. The number of rotatable bonds is 5. The fraction of sp³-hybridized carbons (Fsp3) is 0.625. The molecular weight excluding hydrogens is 298 g/mol. The summed E-state index contributed by atoms with van der Waals surface area (Å²) in [6.07, 6.45) is 2.83. The van der Waals surface area contributed by atoms with Gasteiger partial charge in [0.1, 0.15) is 12.2 Å². The van der Waals surface area contributed by atoms with Crippen molar-refractivity contribution in [1.82, 2.24) is 14.7 Å². The van der Waals surface area contributed by atoms with E-state index in [4.69, 9.17) is 4.74 Å². The first-order chi connectivity index (χ1) is 10.9. The van der Waals surface area contributed by atoms with Gasteiger partial charge in [-0.3, -0.25) is 9.48 Å². The molecule has 0 saturated carbocycles. The molecule has 128 valence electrons. The van der Waals surface area contributed by atoms with E-state index in [0.29, 0.717) is 6.54 Å². The van der Waals surface area contributed by atoms with Gasteiger partial charge in [0, 0.05) is 25.9 Å². The van der Waals surface area contributed by atoms with Crippen LogP contribution in [0, 0.1) is 5.92 Å². The summed E-state index contributed by atoms with van der Waals surface area (Å²) < 4.78 is 6.97. The van der Waals surface area contributed by atoms with Crippen LogP contribution in [0.3, 0.4) is 0 Å². The third-order valence-electron chi connectivity index (χ3n) is 3.87. The Hall–Kier alpha value is -1.70. The lowest BCUT2D eigenvalue weighted by molar-refractivity contribution is -0.153. The Morgan fingerprint density at radius 1 is 1.52 bits per heavy atom. The van der Waals surface area contributed by atoms with Crippen LogP contribution >= 0.6 is 0 Å². The van der Waals surface area contributed by atoms with E-state index in [-0.39, 0.29) is 25.0 Å². The molecule has 3 atom stereocenters. The number of aryl methyl sites for hydroxylation is 1. The molecule has 23 heavy (non-hydrogen) atoms. The average Bonchev–Trinajstić information content (AvgIpc) is 2.90. The zero-order valence-electron chi connectivity index (χ0n) is 13.8. The third kappa shape index (κ3) is 4.40. The highest BCUT2D eigenvalue weighted by molar-refractivity contribution is 5.91. The van der Waals surface area contributed by atoms with Crippen LogP contribution in [0.1, 0.15) is 19.5 Å². The van der Waals surface area contributed by atoms with E-state index in [2.05, 4.69) is 5.10 Å². The van der Waals surface area contributed by atoms with Crippen molar-refractivity contribution in [3.63, 3.8) is 0 Å². The Bertz CT molecular complexity index is 555. The molecule has 1 fully saturated rings. The van der Waals surface area contributed by atoms with Crippen LogP contribution < -0.4 is 0 Å². The molecule has 7 heteroatoms. The summed E-state index contributed by atoms with van der Waals surface area (Å²) in [6, 6.07) is 1.25. The first kappa shape index (κ1) is 17.7. The topological polar surface area (TPSA) is 87.8 Å². The number of carbonyl (C=O) groups excluding carboxylic acids is 1. The Morgan fingerprint density at radius 3 is 2.87 bits per heavy atom. The molecular formula is C16H25N3O4. The quantitative estimate of drug-likeness (QED) is 0.747. The Labute approximate surface area is 136 Å². The Morgan fingerprint density at radius 2 is 2.26 bits per heavy atom. The number of aliphatic hydroxyl groups is 2. The van der Waals surface area contributed by atoms with Crippen molar-refractivity contribution >= 4 is 12.0 Å². The second kappa shape index (κ2) is 7.72. The minimum atomic E-state index is -1.00. The molecule has 1 aromatic heterocycles. The van der Waals surface area contributed by atoms with Crippen molar-refractivity contribution in [2.45, 2.75) is 32.1 Å². The van der Waals surface area contributed by atoms with Crippen LogP contribution in [0.25, 0.3) is 6.08 Å². The number of ether oxygens (including phenoxy) is 1. The predicted octanol–water partition coefficient (Wildman–Crippen LogP) is 0.0385. The minimum Gasteiger partial charge on any atom is -0.388 e. The van der Waals surface area contributed by atoms with Crippen LogP contribution in [-0.2, 0) is 16.6 Å². The van der Waals surface area contributed by atoms with Crippen molar-refractivity contribution in [1.29, 1.82) is 0 Å². The van der Waals surface area contributed by atoms with E-state index < -0.39 is 18.2 Å². The average molecular weight is 323 g/mol. The van der Waals surface area contributed by atoms with E-state index in [1.54, 1.807) is 35.0 Å². The second-order valence-corrected chi connectivity index (χ2v) is 6.26. The summed E-state index contributed by atoms with van der Waals surface area (Å²) in [5.74, 6) is 0.0111. The van der Waals surface area contributed by atoms with Crippen molar-refractivity contribution < 1.29 is 19.7 Å². The van der Waals surface area contributed by atoms with Gasteiger partial charge in [-0.25, -0.2) is 0 Å². The van der Waals surface area contributed by atoms with Crippen molar-refractivity contribution in [2.75, 3.05) is 19.8 Å². The highest BCUT2D eigenvalue weighted by atomic mass is 16.5. The number of hydrogen-bond donors (Lipinski definition) is 2. The summed E-state index contributed by atoms with van der Waals surface area (Å²) in [6.45, 7) is 4.78. The van der Waals surface area contributed by atoms with E-state index >= 15 is 0 Å². The summed E-state index contributed by atoms with van der Waals surface area (Å²) in [5.41, 5.74) is 0.809. The fourth-order valence-corrected chi connectivity index (χ4v) is 2.62. The second-order valence-electron chi connectivity index (χ2n) is 6.26. The Kier molecular flexibility index (Phi) is 5.92. The standard InChI is InChI=1S/C16H25N3O4/c1-11(2)8-19(13-9-23-10-14(20)16(13)22)15(21)5-4-12-6-7-17-18(12)3/h4-7,11,13-14,16,20,22H,8-10H2,1-3H3/b5-4+/t13-,14-,16+/m1/s1. The molecule has 2 rings (SSSR count). The highest BCUT2D eigenvalue weighted by Crippen LogP contribution is 2.17. The molecule has 1 aliphatic rings. The number of carbonyl (C=O) groups is 1. The van der Waals surface area contributed by atoms with Crippen LogP contribution in [0.2, 0.25) is 0 Å². The number of hydrogen-bond acceptors (Lipinski definition) is 5. The normalized spacial score (nSPS) is 25.2. The van der Waals surface area contributed by atoms with Gasteiger partial charge in [0.25, 0.3) is 0 Å². The molecule has 2 N–H and O–H groups in total. The molecule has 0 bridgehead atoms.